The Morgan fingerprint density at radius 3 is 2.91 bits per heavy atom. The second kappa shape index (κ2) is 3.77. The van der Waals surface area contributed by atoms with Gasteiger partial charge in [0.15, 0.2) is 0 Å². The maximum absolute atomic E-state index is 5.39. The molecular weight excluding hydrogens is 138 g/mol. The van der Waals surface area contributed by atoms with Crippen LogP contribution in [-0.4, -0.2) is 19.8 Å². The molecule has 0 amide bonds. The van der Waals surface area contributed by atoms with Gasteiger partial charge in [-0.05, 0) is 13.8 Å². The molecule has 1 saturated heterocycles. The maximum atomic E-state index is 5.39. The van der Waals surface area contributed by atoms with E-state index in [4.69, 9.17) is 4.74 Å². The molecule has 1 aliphatic heterocycles. The van der Waals surface area contributed by atoms with E-state index in [1.54, 1.807) is 0 Å². The monoisotopic (exact) mass is 155 g/mol. The van der Waals surface area contributed by atoms with Gasteiger partial charge >= 0.3 is 0 Å². The third kappa shape index (κ3) is 2.22. The average molecular weight is 155 g/mol. The van der Waals surface area contributed by atoms with Gasteiger partial charge in [-0.2, -0.15) is 0 Å². The summed E-state index contributed by atoms with van der Waals surface area (Å²) in [4.78, 5) is 0. The zero-order valence-corrected chi connectivity index (χ0v) is 7.61. The van der Waals surface area contributed by atoms with Crippen LogP contribution in [-0.2, 0) is 4.74 Å². The lowest BCUT2D eigenvalue weighted by atomic mass is 10.1. The van der Waals surface area contributed by atoms with E-state index >= 15 is 0 Å². The Hall–Kier alpha value is -0.500. The van der Waals surface area contributed by atoms with Gasteiger partial charge in [-0.1, -0.05) is 12.5 Å². The highest BCUT2D eigenvalue weighted by Crippen LogP contribution is 2.14. The quantitative estimate of drug-likeness (QED) is 0.573. The normalized spacial score (nSPS) is 25.7. The van der Waals surface area contributed by atoms with E-state index in [2.05, 4.69) is 26.1 Å². The van der Waals surface area contributed by atoms with Crippen molar-refractivity contribution in [3.63, 3.8) is 0 Å². The Bertz CT molecular complexity index is 159. The number of hydrogen-bond donors (Lipinski definition) is 1. The molecular formula is C9H17NO. The van der Waals surface area contributed by atoms with Gasteiger partial charge in [-0.25, -0.2) is 0 Å². The largest absolute Gasteiger partial charge is 0.386 e. The van der Waals surface area contributed by atoms with Crippen LogP contribution >= 0.6 is 0 Å². The van der Waals surface area contributed by atoms with Crippen LogP contribution in [0.25, 0.3) is 0 Å². The summed E-state index contributed by atoms with van der Waals surface area (Å²) in [5.41, 5.74) is 2.74. The van der Waals surface area contributed by atoms with Gasteiger partial charge in [0.05, 0.1) is 13.2 Å². The molecule has 0 aromatic carbocycles. The SMILES string of the molecule is CC(C)=C1NCCOCC1C. The molecule has 1 heterocycles. The highest BCUT2D eigenvalue weighted by atomic mass is 16.5. The maximum Gasteiger partial charge on any atom is 0.0639 e. The molecule has 0 radical (unpaired) electrons. The molecule has 2 nitrogen and oxygen atoms in total. The first-order valence-electron chi connectivity index (χ1n) is 4.21. The van der Waals surface area contributed by atoms with Crippen molar-refractivity contribution in [2.24, 2.45) is 5.92 Å². The topological polar surface area (TPSA) is 21.3 Å². The number of hydrogen-bond acceptors (Lipinski definition) is 2. The minimum Gasteiger partial charge on any atom is -0.386 e. The lowest BCUT2D eigenvalue weighted by Crippen LogP contribution is -2.19. The van der Waals surface area contributed by atoms with Crippen molar-refractivity contribution in [2.45, 2.75) is 20.8 Å². The second-order valence-corrected chi connectivity index (χ2v) is 3.32. The second-order valence-electron chi connectivity index (χ2n) is 3.32. The van der Waals surface area contributed by atoms with Crippen LogP contribution in [0.15, 0.2) is 11.3 Å². The van der Waals surface area contributed by atoms with Crippen molar-refractivity contribution in [2.75, 3.05) is 19.8 Å². The van der Waals surface area contributed by atoms with Gasteiger partial charge in [0.1, 0.15) is 0 Å². The summed E-state index contributed by atoms with van der Waals surface area (Å²) in [6.07, 6.45) is 0. The summed E-state index contributed by atoms with van der Waals surface area (Å²) in [6.45, 7) is 9.12. The molecule has 1 fully saturated rings. The smallest absolute Gasteiger partial charge is 0.0639 e. The van der Waals surface area contributed by atoms with E-state index in [-0.39, 0.29) is 0 Å². The Kier molecular flexibility index (Phi) is 2.94. The molecule has 0 aliphatic carbocycles. The minimum absolute atomic E-state index is 0.530. The van der Waals surface area contributed by atoms with Crippen LogP contribution in [0.4, 0.5) is 0 Å². The number of rotatable bonds is 0. The summed E-state index contributed by atoms with van der Waals surface area (Å²) in [7, 11) is 0. The van der Waals surface area contributed by atoms with Gasteiger partial charge in [0, 0.05) is 18.2 Å². The predicted molar refractivity (Wildman–Crippen MR) is 46.4 cm³/mol. The summed E-state index contributed by atoms with van der Waals surface area (Å²) < 4.78 is 5.39. The Morgan fingerprint density at radius 1 is 1.55 bits per heavy atom. The van der Waals surface area contributed by atoms with Crippen LogP contribution in [0.3, 0.4) is 0 Å². The van der Waals surface area contributed by atoms with Crippen molar-refractivity contribution in [1.29, 1.82) is 0 Å². The van der Waals surface area contributed by atoms with Crippen LogP contribution < -0.4 is 5.32 Å². The fraction of sp³-hybridized carbons (Fsp3) is 0.778. The molecule has 0 bridgehead atoms. The first-order chi connectivity index (χ1) is 5.22. The lowest BCUT2D eigenvalue weighted by Gasteiger charge is -2.14. The number of nitrogens with one attached hydrogen (secondary N) is 1. The van der Waals surface area contributed by atoms with E-state index in [1.165, 1.54) is 11.3 Å². The van der Waals surface area contributed by atoms with Crippen LogP contribution in [0.5, 0.6) is 0 Å². The molecule has 1 unspecified atom stereocenters. The van der Waals surface area contributed by atoms with E-state index in [1.807, 2.05) is 0 Å². The molecule has 1 rings (SSSR count). The van der Waals surface area contributed by atoms with Crippen LogP contribution in [0, 0.1) is 5.92 Å². The van der Waals surface area contributed by atoms with Crippen molar-refractivity contribution < 1.29 is 4.74 Å². The fourth-order valence-corrected chi connectivity index (χ4v) is 1.45. The molecule has 0 spiro atoms. The van der Waals surface area contributed by atoms with E-state index in [9.17, 15) is 0 Å². The van der Waals surface area contributed by atoms with Crippen molar-refractivity contribution in [3.8, 4) is 0 Å². The number of allylic oxidation sites excluding steroid dienone is 1. The molecule has 11 heavy (non-hydrogen) atoms. The highest BCUT2D eigenvalue weighted by molar-refractivity contribution is 5.11. The first-order valence-corrected chi connectivity index (χ1v) is 4.21. The summed E-state index contributed by atoms with van der Waals surface area (Å²) >= 11 is 0. The molecule has 1 N–H and O–H groups in total. The lowest BCUT2D eigenvalue weighted by molar-refractivity contribution is 0.131. The van der Waals surface area contributed by atoms with Crippen LogP contribution in [0.2, 0.25) is 0 Å². The highest BCUT2D eigenvalue weighted by Gasteiger charge is 2.12. The van der Waals surface area contributed by atoms with Gasteiger partial charge in [0.2, 0.25) is 0 Å². The Morgan fingerprint density at radius 2 is 2.27 bits per heavy atom. The van der Waals surface area contributed by atoms with E-state index in [0.717, 1.165) is 19.8 Å². The zero-order chi connectivity index (χ0) is 8.27. The molecule has 0 saturated carbocycles. The number of ether oxygens (including phenoxy) is 1. The standard InChI is InChI=1S/C9H17NO/c1-7(2)9-8(3)6-11-5-4-10-9/h8,10H,4-6H2,1-3H3. The predicted octanol–water partition coefficient (Wildman–Crippen LogP) is 1.54. The van der Waals surface area contributed by atoms with Gasteiger partial charge in [-0.3, -0.25) is 0 Å². The third-order valence-corrected chi connectivity index (χ3v) is 1.96. The minimum atomic E-state index is 0.530. The van der Waals surface area contributed by atoms with Crippen LogP contribution in [0.1, 0.15) is 20.8 Å². The van der Waals surface area contributed by atoms with Gasteiger partial charge < -0.3 is 10.1 Å². The van der Waals surface area contributed by atoms with Crippen molar-refractivity contribution in [1.82, 2.24) is 5.32 Å². The molecule has 1 aliphatic rings. The van der Waals surface area contributed by atoms with Crippen molar-refractivity contribution in [3.05, 3.63) is 11.3 Å². The van der Waals surface area contributed by atoms with E-state index in [0.29, 0.717) is 5.92 Å². The Labute approximate surface area is 68.6 Å². The third-order valence-electron chi connectivity index (χ3n) is 1.96. The fourth-order valence-electron chi connectivity index (χ4n) is 1.45. The summed E-state index contributed by atoms with van der Waals surface area (Å²) in [5, 5.41) is 3.39. The first kappa shape index (κ1) is 8.60. The van der Waals surface area contributed by atoms with Crippen molar-refractivity contribution >= 4 is 0 Å². The molecule has 0 aromatic rings. The van der Waals surface area contributed by atoms with Gasteiger partial charge in [0.25, 0.3) is 0 Å². The zero-order valence-electron chi connectivity index (χ0n) is 7.61. The van der Waals surface area contributed by atoms with Gasteiger partial charge in [-0.15, -0.1) is 0 Å². The summed E-state index contributed by atoms with van der Waals surface area (Å²) in [6, 6.07) is 0. The average Bonchev–Trinajstić information content (AvgIpc) is 2.13. The summed E-state index contributed by atoms with van der Waals surface area (Å²) in [5.74, 6) is 0.530. The Balaban J connectivity index is 2.67. The molecule has 1 atom stereocenters. The molecule has 0 aromatic heterocycles. The van der Waals surface area contributed by atoms with E-state index < -0.39 is 0 Å². The molecule has 64 valence electrons. The molecule has 2 heteroatoms.